The lowest BCUT2D eigenvalue weighted by Crippen LogP contribution is -2.46. The zero-order chi connectivity index (χ0) is 21.2. The average molecular weight is 427 g/mol. The van der Waals surface area contributed by atoms with E-state index in [9.17, 15) is 9.35 Å². The quantitative estimate of drug-likeness (QED) is 0.498. The number of hydrogen-bond acceptors (Lipinski definition) is 4. The van der Waals surface area contributed by atoms with E-state index in [-0.39, 0.29) is 22.4 Å². The third-order valence-corrected chi connectivity index (χ3v) is 8.61. The molecule has 2 saturated carbocycles. The molecule has 0 bridgehead atoms. The number of nitrogens with zero attached hydrogens (tertiary/aromatic N) is 1. The second-order valence-electron chi connectivity index (χ2n) is 11.1. The SMILES string of the molecule is CC1(C)CCCN1C(=O)OCCC(CCC(C1CC1)C1CC1)N[S+]([O-])C(C)(C)C. The fourth-order valence-electron chi connectivity index (χ4n) is 4.70. The summed E-state index contributed by atoms with van der Waals surface area (Å²) in [5.41, 5.74) is -0.107. The van der Waals surface area contributed by atoms with Gasteiger partial charge in [0.1, 0.15) is 4.75 Å². The number of likely N-dealkylation sites (tertiary alicyclic amines) is 1. The van der Waals surface area contributed by atoms with Crippen molar-refractivity contribution in [2.45, 2.75) is 109 Å². The summed E-state index contributed by atoms with van der Waals surface area (Å²) >= 11 is -1.10. The van der Waals surface area contributed by atoms with Crippen molar-refractivity contribution in [1.82, 2.24) is 9.62 Å². The van der Waals surface area contributed by atoms with Crippen LogP contribution in [0.15, 0.2) is 0 Å². The van der Waals surface area contributed by atoms with Crippen LogP contribution in [-0.4, -0.2) is 45.0 Å². The maximum atomic E-state index is 12.7. The van der Waals surface area contributed by atoms with Gasteiger partial charge in [-0.05, 0) is 104 Å². The predicted molar refractivity (Wildman–Crippen MR) is 119 cm³/mol. The Balaban J connectivity index is 1.49. The summed E-state index contributed by atoms with van der Waals surface area (Å²) < 4.78 is 21.4. The van der Waals surface area contributed by atoms with Crippen LogP contribution < -0.4 is 4.72 Å². The van der Waals surface area contributed by atoms with Crippen LogP contribution in [0.2, 0.25) is 0 Å². The van der Waals surface area contributed by atoms with E-state index < -0.39 is 11.4 Å². The van der Waals surface area contributed by atoms with Gasteiger partial charge in [0.25, 0.3) is 0 Å². The predicted octanol–water partition coefficient (Wildman–Crippen LogP) is 5.02. The first-order valence-electron chi connectivity index (χ1n) is 11.7. The van der Waals surface area contributed by atoms with Gasteiger partial charge in [0, 0.05) is 29.9 Å². The van der Waals surface area contributed by atoms with E-state index in [4.69, 9.17) is 4.74 Å². The molecular weight excluding hydrogens is 384 g/mol. The van der Waals surface area contributed by atoms with Gasteiger partial charge in [0.2, 0.25) is 0 Å². The standard InChI is InChI=1S/C23H42N2O3S/c1-22(2,3)29(27)24-19(11-12-20(17-7-8-17)18-9-10-18)13-16-28-21(26)25-15-6-14-23(25,4)5/h17-20,24H,6-16H2,1-5H3. The van der Waals surface area contributed by atoms with Crippen LogP contribution in [0.4, 0.5) is 4.79 Å². The minimum absolute atomic E-state index is 0.107. The van der Waals surface area contributed by atoms with Gasteiger partial charge in [-0.3, -0.25) is 0 Å². The Hall–Kier alpha value is -0.460. The minimum atomic E-state index is -1.10. The lowest BCUT2D eigenvalue weighted by molar-refractivity contribution is 0.0777. The molecule has 3 rings (SSSR count). The maximum Gasteiger partial charge on any atom is 0.410 e. The number of carbonyl (C=O) groups excluding carboxylic acids is 1. The van der Waals surface area contributed by atoms with Crippen molar-refractivity contribution in [2.24, 2.45) is 17.8 Å². The average Bonchev–Trinajstić information content (AvgIpc) is 3.52. The summed E-state index contributed by atoms with van der Waals surface area (Å²) in [5.74, 6) is 2.73. The highest BCUT2D eigenvalue weighted by atomic mass is 32.2. The summed E-state index contributed by atoms with van der Waals surface area (Å²) in [6, 6.07) is 0.134. The van der Waals surface area contributed by atoms with E-state index >= 15 is 0 Å². The van der Waals surface area contributed by atoms with Gasteiger partial charge in [0.05, 0.1) is 12.6 Å². The smallest absolute Gasteiger partial charge is 0.410 e. The monoisotopic (exact) mass is 426 g/mol. The van der Waals surface area contributed by atoms with Gasteiger partial charge < -0.3 is 14.2 Å². The van der Waals surface area contributed by atoms with Crippen LogP contribution in [-0.2, 0) is 16.1 Å². The fourth-order valence-corrected chi connectivity index (χ4v) is 5.59. The first-order chi connectivity index (χ1) is 13.6. The molecule has 1 saturated heterocycles. The Labute approximate surface area is 181 Å². The van der Waals surface area contributed by atoms with Gasteiger partial charge >= 0.3 is 6.09 Å². The molecule has 1 N–H and O–H groups in total. The Morgan fingerprint density at radius 2 is 1.79 bits per heavy atom. The van der Waals surface area contributed by atoms with E-state index in [1.165, 1.54) is 32.1 Å². The zero-order valence-electron chi connectivity index (χ0n) is 19.2. The maximum absolute atomic E-state index is 12.7. The largest absolute Gasteiger partial charge is 0.598 e. The lowest BCUT2D eigenvalue weighted by Gasteiger charge is -2.31. The zero-order valence-corrected chi connectivity index (χ0v) is 20.0. The molecule has 0 aromatic carbocycles. The van der Waals surface area contributed by atoms with Crippen molar-refractivity contribution in [3.63, 3.8) is 0 Å². The molecule has 168 valence electrons. The number of nitrogens with one attached hydrogen (secondary N) is 1. The summed E-state index contributed by atoms with van der Waals surface area (Å²) in [7, 11) is 0. The molecule has 0 radical (unpaired) electrons. The van der Waals surface area contributed by atoms with Crippen LogP contribution in [0.25, 0.3) is 0 Å². The van der Waals surface area contributed by atoms with E-state index in [1.807, 2.05) is 25.7 Å². The van der Waals surface area contributed by atoms with Gasteiger partial charge in [-0.2, -0.15) is 0 Å². The van der Waals surface area contributed by atoms with Crippen molar-refractivity contribution in [2.75, 3.05) is 13.2 Å². The van der Waals surface area contributed by atoms with Gasteiger partial charge in [-0.25, -0.2) is 4.79 Å². The Morgan fingerprint density at radius 1 is 1.17 bits per heavy atom. The molecular formula is C23H42N2O3S. The molecule has 1 heterocycles. The lowest BCUT2D eigenvalue weighted by atomic mass is 9.90. The van der Waals surface area contributed by atoms with E-state index in [0.717, 1.165) is 50.0 Å². The van der Waals surface area contributed by atoms with Crippen LogP contribution >= 0.6 is 0 Å². The van der Waals surface area contributed by atoms with E-state index in [2.05, 4.69) is 18.6 Å². The van der Waals surface area contributed by atoms with Crippen molar-refractivity contribution in [1.29, 1.82) is 0 Å². The van der Waals surface area contributed by atoms with Crippen molar-refractivity contribution in [3.05, 3.63) is 0 Å². The molecule has 0 aromatic heterocycles. The highest BCUT2D eigenvalue weighted by Gasteiger charge is 2.41. The van der Waals surface area contributed by atoms with Gasteiger partial charge in [-0.15, -0.1) is 4.72 Å². The third kappa shape index (κ3) is 6.76. The first kappa shape index (κ1) is 23.2. The molecule has 2 unspecified atom stereocenters. The summed E-state index contributed by atoms with van der Waals surface area (Å²) in [4.78, 5) is 14.4. The number of amides is 1. The molecule has 0 aromatic rings. The van der Waals surface area contributed by atoms with Gasteiger partial charge in [-0.1, -0.05) is 0 Å². The molecule has 0 spiro atoms. The summed E-state index contributed by atoms with van der Waals surface area (Å²) in [5, 5.41) is 0. The molecule has 2 aliphatic carbocycles. The fraction of sp³-hybridized carbons (Fsp3) is 0.957. The number of rotatable bonds is 10. The number of ether oxygens (including phenoxy) is 1. The van der Waals surface area contributed by atoms with Crippen LogP contribution in [0.1, 0.15) is 92.4 Å². The third-order valence-electron chi connectivity index (χ3n) is 6.95. The number of carbonyl (C=O) groups is 1. The second kappa shape index (κ2) is 9.35. The highest BCUT2D eigenvalue weighted by Crippen LogP contribution is 2.51. The highest BCUT2D eigenvalue weighted by molar-refractivity contribution is 7.90. The van der Waals surface area contributed by atoms with Crippen molar-refractivity contribution >= 4 is 17.5 Å². The molecule has 3 fully saturated rings. The summed E-state index contributed by atoms with van der Waals surface area (Å²) in [6.07, 6.45) is 10.4. The van der Waals surface area contributed by atoms with E-state index in [0.29, 0.717) is 6.61 Å². The Kier molecular flexibility index (Phi) is 7.49. The molecule has 29 heavy (non-hydrogen) atoms. The van der Waals surface area contributed by atoms with Crippen LogP contribution in [0, 0.1) is 17.8 Å². The van der Waals surface area contributed by atoms with Crippen LogP contribution in [0.5, 0.6) is 0 Å². The summed E-state index contributed by atoms with van der Waals surface area (Å²) in [6.45, 7) is 11.4. The Bertz CT molecular complexity index is 543. The van der Waals surface area contributed by atoms with Crippen molar-refractivity contribution in [3.8, 4) is 0 Å². The topological polar surface area (TPSA) is 64.6 Å². The van der Waals surface area contributed by atoms with Crippen molar-refractivity contribution < 1.29 is 14.1 Å². The molecule has 6 heteroatoms. The van der Waals surface area contributed by atoms with Gasteiger partial charge in [0.15, 0.2) is 0 Å². The normalized spacial score (nSPS) is 24.0. The molecule has 3 aliphatic rings. The molecule has 5 nitrogen and oxygen atoms in total. The van der Waals surface area contributed by atoms with E-state index in [1.54, 1.807) is 0 Å². The Morgan fingerprint density at radius 3 is 2.28 bits per heavy atom. The van der Waals surface area contributed by atoms with Crippen LogP contribution in [0.3, 0.4) is 0 Å². The molecule has 1 amide bonds. The number of hydrogen-bond donors (Lipinski definition) is 1. The first-order valence-corrected chi connectivity index (χ1v) is 12.9. The second-order valence-corrected chi connectivity index (χ2v) is 13.1. The molecule has 2 atom stereocenters. The minimum Gasteiger partial charge on any atom is -0.598 e. The molecule has 1 aliphatic heterocycles.